The van der Waals surface area contributed by atoms with Gasteiger partial charge < -0.3 is 10.1 Å². The zero-order valence-corrected chi connectivity index (χ0v) is 15.8. The van der Waals surface area contributed by atoms with E-state index in [4.69, 9.17) is 28.6 Å². The molecule has 0 fully saturated rings. The van der Waals surface area contributed by atoms with Crippen LogP contribution in [0, 0.1) is 6.92 Å². The number of para-hydroxylation sites is 2. The monoisotopic (exact) mass is 391 g/mol. The molecular formula is C17H14ClN3O2S2. The quantitative estimate of drug-likeness (QED) is 0.648. The summed E-state index contributed by atoms with van der Waals surface area (Å²) in [5, 5.41) is 6.85. The van der Waals surface area contributed by atoms with Crippen LogP contribution in [0.4, 0.5) is 5.13 Å². The molecule has 0 spiro atoms. The summed E-state index contributed by atoms with van der Waals surface area (Å²) >= 11 is 12.7. The number of carbonyl (C=O) groups excluding carboxylic acids is 1. The van der Waals surface area contributed by atoms with E-state index in [2.05, 4.69) is 15.6 Å². The Bertz CT molecular complexity index is 972. The normalized spacial score (nSPS) is 10.5. The second-order valence-corrected chi connectivity index (χ2v) is 7.02. The number of nitrogens with one attached hydrogen (secondary N) is 2. The largest absolute Gasteiger partial charge is 0.496 e. The van der Waals surface area contributed by atoms with Gasteiger partial charge in [0.1, 0.15) is 11.3 Å². The standard InChI is InChI=1S/C17H14ClN3O2S2/c1-9-5-3-6-10(14(9)23-2)15(22)20-16(24)21-17-19-13-11(18)7-4-8-12(13)25-17/h3-8H,1-2H3,(H2,19,20,21,22,24). The first-order chi connectivity index (χ1) is 12.0. The summed E-state index contributed by atoms with van der Waals surface area (Å²) in [5.74, 6) is 0.173. The molecule has 0 aliphatic heterocycles. The average molecular weight is 392 g/mol. The van der Waals surface area contributed by atoms with Crippen molar-refractivity contribution in [2.24, 2.45) is 0 Å². The molecule has 2 N–H and O–H groups in total. The van der Waals surface area contributed by atoms with Crippen molar-refractivity contribution in [3.05, 3.63) is 52.5 Å². The van der Waals surface area contributed by atoms with Gasteiger partial charge in [-0.2, -0.15) is 0 Å². The molecule has 0 atom stereocenters. The van der Waals surface area contributed by atoms with Gasteiger partial charge in [-0.1, -0.05) is 41.1 Å². The van der Waals surface area contributed by atoms with Gasteiger partial charge in [0.25, 0.3) is 5.91 Å². The van der Waals surface area contributed by atoms with E-state index in [0.29, 0.717) is 27.0 Å². The fourth-order valence-corrected chi connectivity index (χ4v) is 3.79. The van der Waals surface area contributed by atoms with Crippen LogP contribution >= 0.6 is 35.2 Å². The molecule has 128 valence electrons. The number of thiocarbonyl (C=S) groups is 1. The number of hydrogen-bond donors (Lipinski definition) is 2. The molecule has 3 rings (SSSR count). The predicted molar refractivity (Wildman–Crippen MR) is 106 cm³/mol. The van der Waals surface area contributed by atoms with Crippen molar-refractivity contribution in [3.63, 3.8) is 0 Å². The fourth-order valence-electron chi connectivity index (χ4n) is 2.37. The van der Waals surface area contributed by atoms with Crippen LogP contribution in [0.15, 0.2) is 36.4 Å². The average Bonchev–Trinajstić information content (AvgIpc) is 2.98. The lowest BCUT2D eigenvalue weighted by atomic mass is 10.1. The maximum Gasteiger partial charge on any atom is 0.261 e. The third kappa shape index (κ3) is 3.73. The van der Waals surface area contributed by atoms with E-state index in [1.807, 2.05) is 25.1 Å². The molecular weight excluding hydrogens is 378 g/mol. The number of carbonyl (C=O) groups is 1. The van der Waals surface area contributed by atoms with Crippen LogP contribution in [0.25, 0.3) is 10.2 Å². The minimum Gasteiger partial charge on any atom is -0.496 e. The van der Waals surface area contributed by atoms with Crippen molar-refractivity contribution < 1.29 is 9.53 Å². The minimum absolute atomic E-state index is 0.156. The zero-order chi connectivity index (χ0) is 18.0. The van der Waals surface area contributed by atoms with Gasteiger partial charge in [-0.3, -0.25) is 10.1 Å². The van der Waals surface area contributed by atoms with Crippen molar-refractivity contribution in [1.82, 2.24) is 10.3 Å². The maximum absolute atomic E-state index is 12.4. The maximum atomic E-state index is 12.4. The smallest absolute Gasteiger partial charge is 0.261 e. The summed E-state index contributed by atoms with van der Waals surface area (Å²) in [7, 11) is 1.53. The van der Waals surface area contributed by atoms with E-state index >= 15 is 0 Å². The third-order valence-electron chi connectivity index (χ3n) is 3.48. The molecule has 5 nitrogen and oxygen atoms in total. The summed E-state index contributed by atoms with van der Waals surface area (Å²) in [4.78, 5) is 16.8. The first-order valence-electron chi connectivity index (χ1n) is 7.30. The van der Waals surface area contributed by atoms with Gasteiger partial charge in [0, 0.05) is 0 Å². The molecule has 0 aliphatic rings. The van der Waals surface area contributed by atoms with Gasteiger partial charge in [0.05, 0.1) is 22.4 Å². The summed E-state index contributed by atoms with van der Waals surface area (Å²) in [5.41, 5.74) is 1.99. The zero-order valence-electron chi connectivity index (χ0n) is 13.4. The highest BCUT2D eigenvalue weighted by Gasteiger charge is 2.16. The third-order valence-corrected chi connectivity index (χ3v) is 4.92. The Balaban J connectivity index is 1.75. The molecule has 2 aromatic carbocycles. The fraction of sp³-hybridized carbons (Fsp3) is 0.118. The Morgan fingerprint density at radius 1 is 1.28 bits per heavy atom. The number of fused-ring (bicyclic) bond motifs is 1. The molecule has 0 unspecified atom stereocenters. The molecule has 0 radical (unpaired) electrons. The number of amides is 1. The molecule has 0 saturated carbocycles. The minimum atomic E-state index is -0.350. The van der Waals surface area contributed by atoms with E-state index < -0.39 is 0 Å². The number of aryl methyl sites for hydroxylation is 1. The van der Waals surface area contributed by atoms with Crippen LogP contribution in [0.3, 0.4) is 0 Å². The Morgan fingerprint density at radius 2 is 2.04 bits per heavy atom. The van der Waals surface area contributed by atoms with Crippen LogP contribution in [-0.4, -0.2) is 23.1 Å². The van der Waals surface area contributed by atoms with E-state index in [1.54, 1.807) is 18.2 Å². The van der Waals surface area contributed by atoms with Crippen LogP contribution in [0.5, 0.6) is 5.75 Å². The number of benzene rings is 2. The summed E-state index contributed by atoms with van der Waals surface area (Å²) in [6.45, 7) is 1.87. The summed E-state index contributed by atoms with van der Waals surface area (Å²) < 4.78 is 6.24. The Morgan fingerprint density at radius 3 is 2.76 bits per heavy atom. The molecule has 1 amide bonds. The SMILES string of the molecule is COc1c(C)cccc1C(=O)NC(=S)Nc1nc2c(Cl)cccc2s1. The van der Waals surface area contributed by atoms with Crippen LogP contribution < -0.4 is 15.4 Å². The van der Waals surface area contributed by atoms with Crippen LogP contribution in [0.2, 0.25) is 5.02 Å². The van der Waals surface area contributed by atoms with Gasteiger partial charge in [-0.15, -0.1) is 0 Å². The van der Waals surface area contributed by atoms with Crippen LogP contribution in [0.1, 0.15) is 15.9 Å². The highest BCUT2D eigenvalue weighted by atomic mass is 35.5. The molecule has 1 heterocycles. The van der Waals surface area contributed by atoms with Crippen molar-refractivity contribution in [2.75, 3.05) is 12.4 Å². The number of hydrogen-bond acceptors (Lipinski definition) is 5. The number of thiazole rings is 1. The van der Waals surface area contributed by atoms with E-state index in [0.717, 1.165) is 10.3 Å². The Hall–Kier alpha value is -2.22. The molecule has 0 bridgehead atoms. The number of aromatic nitrogens is 1. The summed E-state index contributed by atoms with van der Waals surface area (Å²) in [6, 6.07) is 10.9. The van der Waals surface area contributed by atoms with E-state index in [9.17, 15) is 4.79 Å². The number of ether oxygens (including phenoxy) is 1. The topological polar surface area (TPSA) is 63.2 Å². The summed E-state index contributed by atoms with van der Waals surface area (Å²) in [6.07, 6.45) is 0. The molecule has 1 aromatic heterocycles. The lowest BCUT2D eigenvalue weighted by Gasteiger charge is -2.12. The number of rotatable bonds is 3. The highest BCUT2D eigenvalue weighted by molar-refractivity contribution is 7.80. The van der Waals surface area contributed by atoms with Crippen molar-refractivity contribution in [1.29, 1.82) is 0 Å². The number of anilines is 1. The van der Waals surface area contributed by atoms with E-state index in [1.165, 1.54) is 18.4 Å². The number of halogens is 1. The van der Waals surface area contributed by atoms with Gasteiger partial charge in [-0.05, 0) is 42.9 Å². The van der Waals surface area contributed by atoms with Gasteiger partial charge in [0.2, 0.25) is 0 Å². The Labute approximate surface area is 159 Å². The van der Waals surface area contributed by atoms with Gasteiger partial charge >= 0.3 is 0 Å². The lowest BCUT2D eigenvalue weighted by molar-refractivity contribution is 0.0974. The highest BCUT2D eigenvalue weighted by Crippen LogP contribution is 2.30. The molecule has 3 aromatic rings. The number of methoxy groups -OCH3 is 1. The Kier molecular flexibility index (Phi) is 5.17. The van der Waals surface area contributed by atoms with E-state index in [-0.39, 0.29) is 11.0 Å². The van der Waals surface area contributed by atoms with Crippen molar-refractivity contribution in [2.45, 2.75) is 6.92 Å². The molecule has 0 saturated heterocycles. The molecule has 25 heavy (non-hydrogen) atoms. The number of nitrogens with zero attached hydrogens (tertiary/aromatic N) is 1. The predicted octanol–water partition coefficient (Wildman–Crippen LogP) is 4.39. The van der Waals surface area contributed by atoms with Crippen molar-refractivity contribution >= 4 is 61.5 Å². The molecule has 8 heteroatoms. The first kappa shape index (κ1) is 17.6. The van der Waals surface area contributed by atoms with Crippen LogP contribution in [-0.2, 0) is 0 Å². The first-order valence-corrected chi connectivity index (χ1v) is 8.91. The van der Waals surface area contributed by atoms with Gasteiger partial charge in [-0.25, -0.2) is 4.98 Å². The second kappa shape index (κ2) is 7.35. The lowest BCUT2D eigenvalue weighted by Crippen LogP contribution is -2.34. The van der Waals surface area contributed by atoms with Crippen molar-refractivity contribution in [3.8, 4) is 5.75 Å². The molecule has 0 aliphatic carbocycles. The second-order valence-electron chi connectivity index (χ2n) is 5.17. The van der Waals surface area contributed by atoms with Gasteiger partial charge in [0.15, 0.2) is 10.2 Å².